The van der Waals surface area contributed by atoms with Gasteiger partial charge in [0.05, 0.1) is 6.20 Å². The average molecular weight is 269 g/mol. The van der Waals surface area contributed by atoms with E-state index in [0.29, 0.717) is 11.8 Å². The largest absolute Gasteiger partial charge is 0.354 e. The lowest BCUT2D eigenvalue weighted by atomic mass is 10.3. The van der Waals surface area contributed by atoms with Crippen LogP contribution in [0.4, 0.5) is 16.2 Å². The van der Waals surface area contributed by atoms with Crippen LogP contribution in [0, 0.1) is 5.82 Å². The zero-order valence-electron chi connectivity index (χ0n) is 12.3. The quantitative estimate of drug-likeness (QED) is 0.780. The van der Waals surface area contributed by atoms with E-state index in [4.69, 9.17) is 0 Å². The first kappa shape index (κ1) is 15.6. The van der Waals surface area contributed by atoms with Gasteiger partial charge in [-0.15, -0.1) is 0 Å². The number of anilines is 2. The van der Waals surface area contributed by atoms with Crippen LogP contribution in [-0.2, 0) is 0 Å². The smallest absolute Gasteiger partial charge is 0.224 e. The summed E-state index contributed by atoms with van der Waals surface area (Å²) in [7, 11) is 4.01. The Hall–Kier alpha value is -1.43. The molecule has 0 fully saturated rings. The third-order valence-corrected chi connectivity index (χ3v) is 2.67. The fourth-order valence-corrected chi connectivity index (χ4v) is 1.74. The zero-order valence-corrected chi connectivity index (χ0v) is 12.3. The molecule has 0 aliphatic carbocycles. The van der Waals surface area contributed by atoms with E-state index < -0.39 is 0 Å². The molecule has 0 aliphatic rings. The fraction of sp³-hybridized carbons (Fsp3) is 0.692. The maximum absolute atomic E-state index is 13.9. The van der Waals surface area contributed by atoms with Crippen LogP contribution >= 0.6 is 0 Å². The van der Waals surface area contributed by atoms with Gasteiger partial charge in [0.15, 0.2) is 11.6 Å². The Balaban J connectivity index is 2.89. The second-order valence-corrected chi connectivity index (χ2v) is 4.69. The molecule has 0 atom stereocenters. The first-order valence-corrected chi connectivity index (χ1v) is 6.74. The van der Waals surface area contributed by atoms with Gasteiger partial charge in [-0.1, -0.05) is 6.92 Å². The minimum Gasteiger partial charge on any atom is -0.354 e. The molecule has 1 N–H and O–H groups in total. The van der Waals surface area contributed by atoms with Gasteiger partial charge in [-0.3, -0.25) is 0 Å². The number of hydrogen-bond acceptors (Lipinski definition) is 5. The Bertz CT molecular complexity index is 383. The highest BCUT2D eigenvalue weighted by Crippen LogP contribution is 2.17. The Labute approximate surface area is 114 Å². The highest BCUT2D eigenvalue weighted by molar-refractivity contribution is 5.43. The second-order valence-electron chi connectivity index (χ2n) is 4.69. The van der Waals surface area contributed by atoms with E-state index in [1.807, 2.05) is 25.9 Å². The normalized spacial score (nSPS) is 10.8. The van der Waals surface area contributed by atoms with Crippen molar-refractivity contribution in [2.45, 2.75) is 20.3 Å². The molecular formula is C13H24FN5. The summed E-state index contributed by atoms with van der Waals surface area (Å²) in [6.07, 6.45) is 2.19. The number of halogens is 1. The summed E-state index contributed by atoms with van der Waals surface area (Å²) in [6.45, 7) is 7.15. The van der Waals surface area contributed by atoms with Crippen molar-refractivity contribution in [1.29, 1.82) is 0 Å². The number of nitrogens with one attached hydrogen (secondary N) is 1. The van der Waals surface area contributed by atoms with Crippen molar-refractivity contribution in [3.8, 4) is 0 Å². The molecular weight excluding hydrogens is 245 g/mol. The maximum Gasteiger partial charge on any atom is 0.224 e. The Morgan fingerprint density at radius 3 is 2.53 bits per heavy atom. The molecule has 1 rings (SSSR count). The van der Waals surface area contributed by atoms with Crippen molar-refractivity contribution in [3.05, 3.63) is 12.0 Å². The van der Waals surface area contributed by atoms with Crippen molar-refractivity contribution >= 4 is 11.8 Å². The van der Waals surface area contributed by atoms with Crippen molar-refractivity contribution in [1.82, 2.24) is 14.9 Å². The van der Waals surface area contributed by atoms with Crippen molar-refractivity contribution in [3.63, 3.8) is 0 Å². The van der Waals surface area contributed by atoms with Gasteiger partial charge in [0.25, 0.3) is 0 Å². The molecule has 0 radical (unpaired) electrons. The minimum absolute atomic E-state index is 0.367. The lowest BCUT2D eigenvalue weighted by Crippen LogP contribution is -2.33. The van der Waals surface area contributed by atoms with E-state index in [9.17, 15) is 4.39 Å². The predicted molar refractivity (Wildman–Crippen MR) is 77.2 cm³/mol. The summed E-state index contributed by atoms with van der Waals surface area (Å²) in [4.78, 5) is 12.2. The Morgan fingerprint density at radius 2 is 1.95 bits per heavy atom. The van der Waals surface area contributed by atoms with E-state index >= 15 is 0 Å². The molecule has 0 saturated carbocycles. The molecule has 1 aromatic rings. The summed E-state index contributed by atoms with van der Waals surface area (Å²) >= 11 is 0. The van der Waals surface area contributed by atoms with Crippen LogP contribution in [0.1, 0.15) is 20.3 Å². The van der Waals surface area contributed by atoms with Crippen molar-refractivity contribution in [2.75, 3.05) is 50.5 Å². The zero-order chi connectivity index (χ0) is 14.3. The molecule has 0 unspecified atom stereocenters. The van der Waals surface area contributed by atoms with Crippen LogP contribution in [0.3, 0.4) is 0 Å². The van der Waals surface area contributed by atoms with Gasteiger partial charge >= 0.3 is 0 Å². The third-order valence-electron chi connectivity index (χ3n) is 2.67. The molecule has 0 aliphatic heterocycles. The van der Waals surface area contributed by atoms with Crippen molar-refractivity contribution in [2.24, 2.45) is 0 Å². The average Bonchev–Trinajstić information content (AvgIpc) is 2.37. The first-order chi connectivity index (χ1) is 9.08. The Kier molecular flexibility index (Phi) is 6.49. The predicted octanol–water partition coefficient (Wildman–Crippen LogP) is 1.83. The van der Waals surface area contributed by atoms with Crippen LogP contribution in [0.2, 0.25) is 0 Å². The number of likely N-dealkylation sites (N-methyl/N-ethyl adjacent to an activating group) is 1. The molecule has 108 valence electrons. The number of nitrogens with zero attached hydrogens (tertiary/aromatic N) is 4. The monoisotopic (exact) mass is 269 g/mol. The standard InChI is InChI=1S/C13H24FN5/c1-5-7-19(9-8-18(3)4)12-11(14)10-16-13(17-12)15-6-2/h10H,5-9H2,1-4H3,(H,15,16,17). The van der Waals surface area contributed by atoms with E-state index in [2.05, 4.69) is 27.1 Å². The summed E-state index contributed by atoms with van der Waals surface area (Å²) < 4.78 is 13.9. The number of hydrogen-bond donors (Lipinski definition) is 1. The molecule has 0 saturated heterocycles. The molecule has 19 heavy (non-hydrogen) atoms. The number of rotatable bonds is 8. The van der Waals surface area contributed by atoms with Crippen LogP contribution in [-0.4, -0.2) is 55.1 Å². The van der Waals surface area contributed by atoms with Crippen molar-refractivity contribution < 1.29 is 4.39 Å². The molecule has 0 bridgehead atoms. The van der Waals surface area contributed by atoms with Gasteiger partial charge in [-0.25, -0.2) is 9.37 Å². The van der Waals surface area contributed by atoms with E-state index in [0.717, 1.165) is 32.6 Å². The van der Waals surface area contributed by atoms with Gasteiger partial charge in [0.1, 0.15) is 0 Å². The molecule has 5 nitrogen and oxygen atoms in total. The van der Waals surface area contributed by atoms with Gasteiger partial charge in [-0.05, 0) is 27.4 Å². The topological polar surface area (TPSA) is 44.3 Å². The number of aromatic nitrogens is 2. The fourth-order valence-electron chi connectivity index (χ4n) is 1.74. The van der Waals surface area contributed by atoms with Crippen LogP contribution in [0.15, 0.2) is 6.20 Å². The molecule has 0 spiro atoms. The van der Waals surface area contributed by atoms with Crippen LogP contribution in [0.25, 0.3) is 0 Å². The summed E-state index contributed by atoms with van der Waals surface area (Å²) in [6, 6.07) is 0. The summed E-state index contributed by atoms with van der Waals surface area (Å²) in [5, 5.41) is 3.01. The molecule has 0 amide bonds. The first-order valence-electron chi connectivity index (χ1n) is 6.74. The van der Waals surface area contributed by atoms with E-state index in [-0.39, 0.29) is 5.82 Å². The van der Waals surface area contributed by atoms with Gasteiger partial charge < -0.3 is 15.1 Å². The van der Waals surface area contributed by atoms with Crippen LogP contribution in [0.5, 0.6) is 0 Å². The van der Waals surface area contributed by atoms with Gasteiger partial charge in [-0.2, -0.15) is 4.98 Å². The Morgan fingerprint density at radius 1 is 1.21 bits per heavy atom. The summed E-state index contributed by atoms with van der Waals surface area (Å²) in [5.41, 5.74) is 0. The third kappa shape index (κ3) is 4.98. The lowest BCUT2D eigenvalue weighted by Gasteiger charge is -2.25. The van der Waals surface area contributed by atoms with Crippen LogP contribution < -0.4 is 10.2 Å². The van der Waals surface area contributed by atoms with E-state index in [1.165, 1.54) is 6.20 Å². The van der Waals surface area contributed by atoms with E-state index in [1.54, 1.807) is 0 Å². The minimum atomic E-state index is -0.367. The highest BCUT2D eigenvalue weighted by Gasteiger charge is 2.14. The molecule has 6 heteroatoms. The highest BCUT2D eigenvalue weighted by atomic mass is 19.1. The lowest BCUT2D eigenvalue weighted by molar-refractivity contribution is 0.411. The second kappa shape index (κ2) is 7.89. The van der Waals surface area contributed by atoms with Gasteiger partial charge in [0.2, 0.25) is 5.95 Å². The maximum atomic E-state index is 13.9. The summed E-state index contributed by atoms with van der Waals surface area (Å²) in [5.74, 6) is 0.494. The molecule has 0 aromatic carbocycles. The molecule has 1 aromatic heterocycles. The molecule has 1 heterocycles. The SMILES string of the molecule is CCCN(CCN(C)C)c1nc(NCC)ncc1F. The van der Waals surface area contributed by atoms with Gasteiger partial charge in [0, 0.05) is 26.2 Å².